The molecule has 0 amide bonds. The summed E-state index contributed by atoms with van der Waals surface area (Å²) in [6, 6.07) is 30.9. The van der Waals surface area contributed by atoms with Crippen LogP contribution in [-0.2, 0) is 19.6 Å². The minimum atomic E-state index is -0.137. The molecular weight excluding hydrogens is 458 g/mol. The molecule has 5 aromatic rings. The SMILES string of the molecule is O=c1c(-c2ccc(Cl)cc2)coc2c(C[NH+](Cc3ccccc3)Cc3ccccc3)c(O)ccc12. The van der Waals surface area contributed by atoms with E-state index in [1.54, 1.807) is 36.4 Å². The van der Waals surface area contributed by atoms with Gasteiger partial charge in [-0.3, -0.25) is 4.79 Å². The van der Waals surface area contributed by atoms with Crippen LogP contribution < -0.4 is 10.3 Å². The van der Waals surface area contributed by atoms with Gasteiger partial charge in [0.25, 0.3) is 0 Å². The molecule has 0 fully saturated rings. The molecule has 0 aliphatic heterocycles. The monoisotopic (exact) mass is 482 g/mol. The average Bonchev–Trinajstić information content (AvgIpc) is 2.88. The molecule has 2 N–H and O–H groups in total. The number of phenols is 1. The van der Waals surface area contributed by atoms with Gasteiger partial charge in [0, 0.05) is 16.1 Å². The molecule has 0 radical (unpaired) electrons. The van der Waals surface area contributed by atoms with Crippen molar-refractivity contribution in [3.05, 3.63) is 135 Å². The van der Waals surface area contributed by atoms with Crippen LogP contribution >= 0.6 is 11.6 Å². The van der Waals surface area contributed by atoms with E-state index in [1.807, 2.05) is 36.4 Å². The van der Waals surface area contributed by atoms with Crippen molar-refractivity contribution >= 4 is 22.6 Å². The van der Waals surface area contributed by atoms with Gasteiger partial charge in [-0.1, -0.05) is 84.4 Å². The lowest BCUT2D eigenvalue weighted by Crippen LogP contribution is -3.08. The predicted octanol–water partition coefficient (Wildman–Crippen LogP) is 5.60. The lowest BCUT2D eigenvalue weighted by atomic mass is 10.0. The van der Waals surface area contributed by atoms with E-state index >= 15 is 0 Å². The van der Waals surface area contributed by atoms with Crippen LogP contribution in [0.4, 0.5) is 0 Å². The number of aromatic hydroxyl groups is 1. The molecule has 1 aromatic heterocycles. The molecular formula is C30H25ClNO3+. The van der Waals surface area contributed by atoms with Gasteiger partial charge in [-0.05, 0) is 29.8 Å². The first-order chi connectivity index (χ1) is 17.1. The van der Waals surface area contributed by atoms with Gasteiger partial charge in [-0.15, -0.1) is 0 Å². The summed E-state index contributed by atoms with van der Waals surface area (Å²) in [6.45, 7) is 2.02. The quantitative estimate of drug-likeness (QED) is 0.317. The van der Waals surface area contributed by atoms with Gasteiger partial charge in [0.15, 0.2) is 0 Å². The average molecular weight is 483 g/mol. The fourth-order valence-electron chi connectivity index (χ4n) is 4.45. The van der Waals surface area contributed by atoms with Crippen LogP contribution in [0.1, 0.15) is 16.7 Å². The second kappa shape index (κ2) is 10.2. The summed E-state index contributed by atoms with van der Waals surface area (Å²) < 4.78 is 6.02. The summed E-state index contributed by atoms with van der Waals surface area (Å²) in [7, 11) is 0. The predicted molar refractivity (Wildman–Crippen MR) is 140 cm³/mol. The van der Waals surface area contributed by atoms with Gasteiger partial charge in [-0.25, -0.2) is 0 Å². The van der Waals surface area contributed by atoms with E-state index in [9.17, 15) is 9.90 Å². The Morgan fingerprint density at radius 2 is 1.34 bits per heavy atom. The Labute approximate surface area is 208 Å². The third-order valence-corrected chi connectivity index (χ3v) is 6.45. The Kier molecular flexibility index (Phi) is 6.66. The molecule has 0 bridgehead atoms. The van der Waals surface area contributed by atoms with Crippen LogP contribution in [0, 0.1) is 0 Å². The van der Waals surface area contributed by atoms with Gasteiger partial charge in [-0.2, -0.15) is 0 Å². The maximum absolute atomic E-state index is 13.4. The van der Waals surface area contributed by atoms with Crippen molar-refractivity contribution in [1.29, 1.82) is 0 Å². The van der Waals surface area contributed by atoms with Crippen LogP contribution in [0.3, 0.4) is 0 Å². The van der Waals surface area contributed by atoms with Crippen molar-refractivity contribution in [1.82, 2.24) is 0 Å². The maximum atomic E-state index is 13.4. The second-order valence-electron chi connectivity index (χ2n) is 8.68. The standard InChI is InChI=1S/C30H24ClNO3/c31-24-13-11-23(12-14-24)27-20-35-30-25(29(27)34)15-16-28(33)26(30)19-32(17-21-7-3-1-4-8-21)18-22-9-5-2-6-10-22/h1-16,20,33H,17-19H2/p+1. The molecule has 5 rings (SSSR count). The van der Waals surface area contributed by atoms with E-state index in [2.05, 4.69) is 24.3 Å². The first-order valence-corrected chi connectivity index (χ1v) is 11.9. The summed E-state index contributed by atoms with van der Waals surface area (Å²) in [6.07, 6.45) is 1.48. The van der Waals surface area contributed by atoms with Gasteiger partial charge in [0.05, 0.1) is 16.5 Å². The number of fused-ring (bicyclic) bond motifs is 1. The number of nitrogens with one attached hydrogen (secondary N) is 1. The molecule has 0 saturated heterocycles. The highest BCUT2D eigenvalue weighted by molar-refractivity contribution is 6.30. The molecule has 1 heterocycles. The summed E-state index contributed by atoms with van der Waals surface area (Å²) in [5.74, 6) is 0.124. The summed E-state index contributed by atoms with van der Waals surface area (Å²) in [5, 5.41) is 11.9. The highest BCUT2D eigenvalue weighted by atomic mass is 35.5. The van der Waals surface area contributed by atoms with Crippen LogP contribution in [0.25, 0.3) is 22.1 Å². The summed E-state index contributed by atoms with van der Waals surface area (Å²) >= 11 is 6.00. The Balaban J connectivity index is 1.54. The molecule has 4 aromatic carbocycles. The molecule has 5 heteroatoms. The number of phenolic OH excluding ortho intramolecular Hbond substituents is 1. The zero-order valence-electron chi connectivity index (χ0n) is 19.1. The molecule has 35 heavy (non-hydrogen) atoms. The molecule has 0 spiro atoms. The van der Waals surface area contributed by atoms with Crippen LogP contribution in [0.15, 0.2) is 113 Å². The topological polar surface area (TPSA) is 54.9 Å². The smallest absolute Gasteiger partial charge is 0.200 e. The fraction of sp³-hybridized carbons (Fsp3) is 0.100. The Bertz CT molecular complexity index is 1460. The number of halogens is 1. The maximum Gasteiger partial charge on any atom is 0.200 e. The largest absolute Gasteiger partial charge is 0.507 e. The van der Waals surface area contributed by atoms with Crippen molar-refractivity contribution < 1.29 is 14.4 Å². The zero-order chi connectivity index (χ0) is 24.2. The first-order valence-electron chi connectivity index (χ1n) is 11.5. The van der Waals surface area contributed by atoms with Crippen molar-refractivity contribution in [3.8, 4) is 16.9 Å². The number of hydrogen-bond acceptors (Lipinski definition) is 3. The highest BCUT2D eigenvalue weighted by Gasteiger charge is 2.20. The second-order valence-corrected chi connectivity index (χ2v) is 9.11. The minimum absolute atomic E-state index is 0.124. The van der Waals surface area contributed by atoms with Crippen molar-refractivity contribution in [2.45, 2.75) is 19.6 Å². The molecule has 0 unspecified atom stereocenters. The first kappa shape index (κ1) is 22.9. The Morgan fingerprint density at radius 3 is 1.94 bits per heavy atom. The van der Waals surface area contributed by atoms with E-state index in [0.717, 1.165) is 18.7 Å². The Hall–Kier alpha value is -3.86. The third kappa shape index (κ3) is 5.14. The van der Waals surface area contributed by atoms with Gasteiger partial charge >= 0.3 is 0 Å². The summed E-state index contributed by atoms with van der Waals surface area (Å²) in [4.78, 5) is 14.6. The van der Waals surface area contributed by atoms with Gasteiger partial charge in [0.1, 0.15) is 37.2 Å². The lowest BCUT2D eigenvalue weighted by molar-refractivity contribution is -0.941. The normalized spacial score (nSPS) is 11.3. The van der Waals surface area contributed by atoms with E-state index in [0.29, 0.717) is 33.7 Å². The van der Waals surface area contributed by atoms with Gasteiger partial charge in [0.2, 0.25) is 5.43 Å². The van der Waals surface area contributed by atoms with Gasteiger partial charge < -0.3 is 14.4 Å². The Morgan fingerprint density at radius 1 is 0.743 bits per heavy atom. The molecule has 0 atom stereocenters. The van der Waals surface area contributed by atoms with E-state index in [4.69, 9.17) is 16.0 Å². The number of rotatable bonds is 7. The molecule has 4 nitrogen and oxygen atoms in total. The molecule has 174 valence electrons. The molecule has 0 saturated carbocycles. The highest BCUT2D eigenvalue weighted by Crippen LogP contribution is 2.28. The van der Waals surface area contributed by atoms with E-state index in [1.165, 1.54) is 22.3 Å². The van der Waals surface area contributed by atoms with Crippen molar-refractivity contribution in [3.63, 3.8) is 0 Å². The third-order valence-electron chi connectivity index (χ3n) is 6.20. The van der Waals surface area contributed by atoms with Crippen LogP contribution in [0.2, 0.25) is 5.02 Å². The van der Waals surface area contributed by atoms with E-state index in [-0.39, 0.29) is 11.2 Å². The van der Waals surface area contributed by atoms with Crippen LogP contribution in [0.5, 0.6) is 5.75 Å². The minimum Gasteiger partial charge on any atom is -0.507 e. The number of quaternary nitrogens is 1. The zero-order valence-corrected chi connectivity index (χ0v) is 19.8. The number of benzene rings is 4. The summed E-state index contributed by atoms with van der Waals surface area (Å²) in [5.41, 5.74) is 4.51. The van der Waals surface area contributed by atoms with Crippen molar-refractivity contribution in [2.24, 2.45) is 0 Å². The van der Waals surface area contributed by atoms with E-state index < -0.39 is 0 Å². The number of hydrogen-bond donors (Lipinski definition) is 2. The molecule has 0 aliphatic rings. The lowest BCUT2D eigenvalue weighted by Gasteiger charge is -2.21. The van der Waals surface area contributed by atoms with Crippen molar-refractivity contribution in [2.75, 3.05) is 0 Å². The van der Waals surface area contributed by atoms with Crippen LogP contribution in [-0.4, -0.2) is 5.11 Å². The fourth-order valence-corrected chi connectivity index (χ4v) is 4.58. The molecule has 0 aliphatic carbocycles.